The van der Waals surface area contributed by atoms with E-state index >= 15 is 0 Å². The number of fused-ring (bicyclic) bond motifs is 1. The molecule has 0 saturated heterocycles. The van der Waals surface area contributed by atoms with Crippen LogP contribution in [-0.2, 0) is 13.5 Å². The molecule has 0 aliphatic carbocycles. The van der Waals surface area contributed by atoms with Gasteiger partial charge in [0.1, 0.15) is 5.82 Å². The van der Waals surface area contributed by atoms with Crippen LogP contribution in [0.15, 0.2) is 54.7 Å². The molecule has 4 heteroatoms. The van der Waals surface area contributed by atoms with Gasteiger partial charge in [0.05, 0.1) is 0 Å². The summed E-state index contributed by atoms with van der Waals surface area (Å²) >= 11 is 0. The van der Waals surface area contributed by atoms with Crippen LogP contribution in [0.4, 0.5) is 4.39 Å². The molecule has 22 heavy (non-hydrogen) atoms. The Hall–Kier alpha value is -2.62. The Kier molecular flexibility index (Phi) is 3.92. The lowest BCUT2D eigenvalue weighted by molar-refractivity contribution is 0.0955. The van der Waals surface area contributed by atoms with Gasteiger partial charge in [-0.05, 0) is 36.2 Å². The molecule has 0 unspecified atom stereocenters. The molecule has 0 atom stereocenters. The summed E-state index contributed by atoms with van der Waals surface area (Å²) in [5.74, 6) is -0.366. The Balaban J connectivity index is 1.70. The topological polar surface area (TPSA) is 34.0 Å². The molecule has 1 N–H and O–H groups in total. The Bertz CT molecular complexity index is 823. The number of rotatable bonds is 4. The zero-order chi connectivity index (χ0) is 15.5. The Morgan fingerprint density at radius 1 is 1.14 bits per heavy atom. The van der Waals surface area contributed by atoms with Gasteiger partial charge in [0, 0.05) is 36.3 Å². The molecular formula is C18H17FN2O. The fraction of sp³-hybridized carbons (Fsp3) is 0.167. The van der Waals surface area contributed by atoms with Crippen molar-refractivity contribution in [1.82, 2.24) is 9.88 Å². The summed E-state index contributed by atoms with van der Waals surface area (Å²) in [6.45, 7) is 0.406. The molecule has 0 fully saturated rings. The normalized spacial score (nSPS) is 10.8. The molecule has 0 radical (unpaired) electrons. The van der Waals surface area contributed by atoms with Crippen molar-refractivity contribution in [3.05, 3.63) is 71.7 Å². The standard InChI is InChI=1S/C18H17FN2O/c1-21-12-10-14-15(6-4-8-17(14)21)18(22)20-11-9-13-5-2-3-7-16(13)19/h2-8,10,12H,9,11H2,1H3,(H,20,22). The van der Waals surface area contributed by atoms with Gasteiger partial charge in [0.2, 0.25) is 0 Å². The molecular weight excluding hydrogens is 279 g/mol. The van der Waals surface area contributed by atoms with Gasteiger partial charge in [-0.1, -0.05) is 24.3 Å². The van der Waals surface area contributed by atoms with E-state index in [1.807, 2.05) is 36.0 Å². The van der Waals surface area contributed by atoms with E-state index in [4.69, 9.17) is 0 Å². The van der Waals surface area contributed by atoms with Gasteiger partial charge in [-0.15, -0.1) is 0 Å². The van der Waals surface area contributed by atoms with Gasteiger partial charge in [0.15, 0.2) is 0 Å². The first-order valence-corrected chi connectivity index (χ1v) is 7.22. The molecule has 3 aromatic rings. The van der Waals surface area contributed by atoms with E-state index in [-0.39, 0.29) is 11.7 Å². The maximum absolute atomic E-state index is 13.5. The van der Waals surface area contributed by atoms with Crippen molar-refractivity contribution in [2.45, 2.75) is 6.42 Å². The van der Waals surface area contributed by atoms with Gasteiger partial charge in [-0.2, -0.15) is 0 Å². The van der Waals surface area contributed by atoms with E-state index in [9.17, 15) is 9.18 Å². The third-order valence-corrected chi connectivity index (χ3v) is 3.81. The van der Waals surface area contributed by atoms with Crippen LogP contribution < -0.4 is 5.32 Å². The number of carbonyl (C=O) groups is 1. The average molecular weight is 296 g/mol. The van der Waals surface area contributed by atoms with Crippen LogP contribution in [0.1, 0.15) is 15.9 Å². The number of carbonyl (C=O) groups excluding carboxylic acids is 1. The third kappa shape index (κ3) is 2.72. The van der Waals surface area contributed by atoms with E-state index in [0.717, 1.165) is 10.9 Å². The number of amides is 1. The molecule has 1 aromatic heterocycles. The zero-order valence-corrected chi connectivity index (χ0v) is 12.3. The highest BCUT2D eigenvalue weighted by atomic mass is 19.1. The first-order chi connectivity index (χ1) is 10.7. The summed E-state index contributed by atoms with van der Waals surface area (Å²) in [4.78, 5) is 12.3. The van der Waals surface area contributed by atoms with E-state index in [0.29, 0.717) is 24.1 Å². The SMILES string of the molecule is Cn1ccc2c(C(=O)NCCc3ccccc3F)cccc21. The smallest absolute Gasteiger partial charge is 0.251 e. The van der Waals surface area contributed by atoms with Crippen molar-refractivity contribution in [2.24, 2.45) is 7.05 Å². The van der Waals surface area contributed by atoms with Crippen LogP contribution in [0.25, 0.3) is 10.9 Å². The minimum absolute atomic E-state index is 0.131. The quantitative estimate of drug-likeness (QED) is 0.787. The van der Waals surface area contributed by atoms with E-state index in [2.05, 4.69) is 5.32 Å². The highest BCUT2D eigenvalue weighted by Crippen LogP contribution is 2.19. The number of hydrogen-bond acceptors (Lipinski definition) is 1. The second-order valence-electron chi connectivity index (χ2n) is 5.26. The largest absolute Gasteiger partial charge is 0.352 e. The summed E-state index contributed by atoms with van der Waals surface area (Å²) in [6, 6.07) is 14.2. The number of nitrogens with zero attached hydrogens (tertiary/aromatic N) is 1. The molecule has 112 valence electrons. The minimum Gasteiger partial charge on any atom is -0.352 e. The van der Waals surface area contributed by atoms with Crippen LogP contribution in [0.3, 0.4) is 0 Å². The summed E-state index contributed by atoms with van der Waals surface area (Å²) < 4.78 is 15.5. The van der Waals surface area contributed by atoms with Crippen LogP contribution >= 0.6 is 0 Å². The van der Waals surface area contributed by atoms with Crippen molar-refractivity contribution in [3.8, 4) is 0 Å². The molecule has 3 nitrogen and oxygen atoms in total. The molecule has 1 amide bonds. The minimum atomic E-state index is -0.234. The molecule has 0 saturated carbocycles. The lowest BCUT2D eigenvalue weighted by Gasteiger charge is -2.07. The summed E-state index contributed by atoms with van der Waals surface area (Å²) in [5.41, 5.74) is 2.27. The van der Waals surface area contributed by atoms with Crippen molar-refractivity contribution in [2.75, 3.05) is 6.54 Å². The lowest BCUT2D eigenvalue weighted by Crippen LogP contribution is -2.26. The maximum atomic E-state index is 13.5. The van der Waals surface area contributed by atoms with Gasteiger partial charge in [-0.3, -0.25) is 4.79 Å². The first kappa shape index (κ1) is 14.3. The molecule has 2 aromatic carbocycles. The van der Waals surface area contributed by atoms with Gasteiger partial charge >= 0.3 is 0 Å². The number of benzene rings is 2. The number of halogens is 1. The summed E-state index contributed by atoms with van der Waals surface area (Å²) in [7, 11) is 1.95. The van der Waals surface area contributed by atoms with E-state index < -0.39 is 0 Å². The maximum Gasteiger partial charge on any atom is 0.251 e. The second kappa shape index (κ2) is 6.02. The van der Waals surface area contributed by atoms with E-state index in [1.54, 1.807) is 24.3 Å². The highest BCUT2D eigenvalue weighted by Gasteiger charge is 2.11. The van der Waals surface area contributed by atoms with Gasteiger partial charge in [-0.25, -0.2) is 4.39 Å². The van der Waals surface area contributed by atoms with Crippen LogP contribution in [0, 0.1) is 5.82 Å². The monoisotopic (exact) mass is 296 g/mol. The van der Waals surface area contributed by atoms with Gasteiger partial charge < -0.3 is 9.88 Å². The number of aryl methyl sites for hydroxylation is 1. The molecule has 0 aliphatic rings. The highest BCUT2D eigenvalue weighted by molar-refractivity contribution is 6.06. The van der Waals surface area contributed by atoms with Crippen LogP contribution in [-0.4, -0.2) is 17.0 Å². The number of nitrogens with one attached hydrogen (secondary N) is 1. The molecule has 0 spiro atoms. The predicted molar refractivity (Wildman–Crippen MR) is 85.4 cm³/mol. The van der Waals surface area contributed by atoms with E-state index in [1.165, 1.54) is 6.07 Å². The van der Waals surface area contributed by atoms with Crippen molar-refractivity contribution >= 4 is 16.8 Å². The number of aromatic nitrogens is 1. The fourth-order valence-electron chi connectivity index (χ4n) is 2.61. The van der Waals surface area contributed by atoms with Crippen molar-refractivity contribution in [1.29, 1.82) is 0 Å². The second-order valence-corrected chi connectivity index (χ2v) is 5.26. The zero-order valence-electron chi connectivity index (χ0n) is 12.3. The fourth-order valence-corrected chi connectivity index (χ4v) is 2.61. The Labute approximate surface area is 128 Å². The van der Waals surface area contributed by atoms with Crippen molar-refractivity contribution < 1.29 is 9.18 Å². The predicted octanol–water partition coefficient (Wildman–Crippen LogP) is 3.29. The Morgan fingerprint density at radius 3 is 2.77 bits per heavy atom. The Morgan fingerprint density at radius 2 is 1.95 bits per heavy atom. The van der Waals surface area contributed by atoms with Crippen LogP contribution in [0.2, 0.25) is 0 Å². The van der Waals surface area contributed by atoms with Crippen molar-refractivity contribution in [3.63, 3.8) is 0 Å². The van der Waals surface area contributed by atoms with Gasteiger partial charge in [0.25, 0.3) is 5.91 Å². The molecule has 0 bridgehead atoms. The molecule has 3 rings (SSSR count). The number of hydrogen-bond donors (Lipinski definition) is 1. The molecule has 0 aliphatic heterocycles. The average Bonchev–Trinajstić information content (AvgIpc) is 2.91. The lowest BCUT2D eigenvalue weighted by atomic mass is 10.1. The molecule has 1 heterocycles. The first-order valence-electron chi connectivity index (χ1n) is 7.22. The van der Waals surface area contributed by atoms with Crippen LogP contribution in [0.5, 0.6) is 0 Å². The summed E-state index contributed by atoms with van der Waals surface area (Å²) in [5, 5.41) is 3.79. The third-order valence-electron chi connectivity index (χ3n) is 3.81. The summed E-state index contributed by atoms with van der Waals surface area (Å²) in [6.07, 6.45) is 2.41.